The molecule has 0 fully saturated rings. The maximum atomic E-state index is 8.45. The Hall–Kier alpha value is 0.660. The van der Waals surface area contributed by atoms with E-state index in [0.717, 1.165) is 24.3 Å². The highest BCUT2D eigenvalue weighted by molar-refractivity contribution is 7.99. The van der Waals surface area contributed by atoms with E-state index in [2.05, 4.69) is 12.6 Å². The zero-order valence-corrected chi connectivity index (χ0v) is 7.96. The molecule has 10 heavy (non-hydrogen) atoms. The van der Waals surface area contributed by atoms with Crippen molar-refractivity contribution in [2.75, 3.05) is 23.9 Å². The van der Waals surface area contributed by atoms with E-state index in [4.69, 9.17) is 5.11 Å². The summed E-state index contributed by atoms with van der Waals surface area (Å²) in [6, 6.07) is 0. The summed E-state index contributed by atoms with van der Waals surface area (Å²) in [6.07, 6.45) is 3.36. The molecule has 0 saturated heterocycles. The molecule has 0 aromatic heterocycles. The molecule has 0 radical (unpaired) electrons. The maximum Gasteiger partial charge on any atom is 0.0431 e. The topological polar surface area (TPSA) is 20.2 Å². The van der Waals surface area contributed by atoms with Crippen LogP contribution in [0.3, 0.4) is 0 Å². The predicted octanol–water partition coefficient (Wildman–Crippen LogP) is 1.81. The van der Waals surface area contributed by atoms with E-state index < -0.39 is 0 Å². The molecule has 0 rings (SSSR count). The molecule has 1 N–H and O–H groups in total. The average Bonchev–Trinajstić information content (AvgIpc) is 1.97. The summed E-state index contributed by atoms with van der Waals surface area (Å²) in [4.78, 5) is 0. The van der Waals surface area contributed by atoms with Gasteiger partial charge in [0.1, 0.15) is 0 Å². The second-order valence-corrected chi connectivity index (χ2v) is 3.79. The normalized spacial score (nSPS) is 10.2. The molecular formula is C7H16OS2. The van der Waals surface area contributed by atoms with Gasteiger partial charge in [-0.3, -0.25) is 0 Å². The molecule has 1 nitrogen and oxygen atoms in total. The molecule has 0 atom stereocenters. The van der Waals surface area contributed by atoms with Crippen LogP contribution in [0, 0.1) is 0 Å². The number of hydrogen-bond donors (Lipinski definition) is 2. The van der Waals surface area contributed by atoms with E-state index >= 15 is 0 Å². The third-order valence-corrected chi connectivity index (χ3v) is 2.78. The summed E-state index contributed by atoms with van der Waals surface area (Å²) in [5.74, 6) is 3.35. The van der Waals surface area contributed by atoms with Crippen LogP contribution in [0.25, 0.3) is 0 Å². The minimum absolute atomic E-state index is 0.344. The lowest BCUT2D eigenvalue weighted by atomic mass is 10.3. The van der Waals surface area contributed by atoms with Crippen molar-refractivity contribution in [2.45, 2.75) is 19.3 Å². The summed E-state index contributed by atoms with van der Waals surface area (Å²) in [5.41, 5.74) is 0. The molecule has 0 aliphatic heterocycles. The van der Waals surface area contributed by atoms with E-state index in [1.54, 1.807) is 0 Å². The molecule has 0 bridgehead atoms. The third kappa shape index (κ3) is 8.66. The summed E-state index contributed by atoms with van der Waals surface area (Å²) in [5, 5.41) is 8.45. The summed E-state index contributed by atoms with van der Waals surface area (Å²) < 4.78 is 0. The van der Waals surface area contributed by atoms with Crippen molar-refractivity contribution in [3.63, 3.8) is 0 Å². The maximum absolute atomic E-state index is 8.45. The van der Waals surface area contributed by atoms with Crippen LogP contribution in [0.5, 0.6) is 0 Å². The minimum Gasteiger partial charge on any atom is -0.396 e. The number of rotatable bonds is 7. The Morgan fingerprint density at radius 2 is 1.90 bits per heavy atom. The van der Waals surface area contributed by atoms with Crippen LogP contribution in [-0.4, -0.2) is 29.0 Å². The van der Waals surface area contributed by atoms with Gasteiger partial charge in [-0.25, -0.2) is 0 Å². The summed E-state index contributed by atoms with van der Waals surface area (Å²) in [7, 11) is 0. The van der Waals surface area contributed by atoms with Crippen molar-refractivity contribution in [3.05, 3.63) is 0 Å². The Labute approximate surface area is 73.0 Å². The molecule has 0 aromatic rings. The van der Waals surface area contributed by atoms with Crippen LogP contribution >= 0.6 is 24.4 Å². The Bertz CT molecular complexity index is 51.6. The number of hydrogen-bond acceptors (Lipinski definition) is 3. The Kier molecular flexibility index (Phi) is 10.3. The molecule has 0 aliphatic rings. The van der Waals surface area contributed by atoms with Gasteiger partial charge in [0, 0.05) is 12.4 Å². The standard InChI is InChI=1S/C7H16OS2/c8-4-2-1-3-6-10-7-5-9/h8-9H,1-7H2. The van der Waals surface area contributed by atoms with Gasteiger partial charge in [-0.2, -0.15) is 24.4 Å². The SMILES string of the molecule is OCCCCCSCCS. The number of thiol groups is 1. The smallest absolute Gasteiger partial charge is 0.0431 e. The largest absolute Gasteiger partial charge is 0.396 e. The van der Waals surface area contributed by atoms with Crippen molar-refractivity contribution in [3.8, 4) is 0 Å². The van der Waals surface area contributed by atoms with Crippen LogP contribution in [0.1, 0.15) is 19.3 Å². The first-order chi connectivity index (χ1) is 4.91. The quantitative estimate of drug-likeness (QED) is 0.460. The molecule has 0 unspecified atom stereocenters. The van der Waals surface area contributed by atoms with Gasteiger partial charge in [-0.1, -0.05) is 6.42 Å². The Balaban J connectivity index is 2.65. The van der Waals surface area contributed by atoms with Crippen molar-refractivity contribution in [1.29, 1.82) is 0 Å². The number of aliphatic hydroxyl groups is 1. The molecule has 0 saturated carbocycles. The van der Waals surface area contributed by atoms with Crippen molar-refractivity contribution in [2.24, 2.45) is 0 Å². The highest BCUT2D eigenvalue weighted by Crippen LogP contribution is 2.05. The lowest BCUT2D eigenvalue weighted by Gasteiger charge is -1.97. The number of aliphatic hydroxyl groups excluding tert-OH is 1. The molecule has 0 aromatic carbocycles. The van der Waals surface area contributed by atoms with Gasteiger partial charge in [0.2, 0.25) is 0 Å². The minimum atomic E-state index is 0.344. The van der Waals surface area contributed by atoms with Gasteiger partial charge in [0.25, 0.3) is 0 Å². The fourth-order valence-electron chi connectivity index (χ4n) is 0.659. The van der Waals surface area contributed by atoms with Crippen molar-refractivity contribution in [1.82, 2.24) is 0 Å². The van der Waals surface area contributed by atoms with Gasteiger partial charge >= 0.3 is 0 Å². The van der Waals surface area contributed by atoms with Gasteiger partial charge in [0.15, 0.2) is 0 Å². The molecule has 0 heterocycles. The van der Waals surface area contributed by atoms with Crippen LogP contribution in [0.2, 0.25) is 0 Å². The van der Waals surface area contributed by atoms with E-state index in [-0.39, 0.29) is 0 Å². The van der Waals surface area contributed by atoms with Crippen LogP contribution in [0.15, 0.2) is 0 Å². The Morgan fingerprint density at radius 3 is 2.50 bits per heavy atom. The van der Waals surface area contributed by atoms with Crippen molar-refractivity contribution >= 4 is 24.4 Å². The van der Waals surface area contributed by atoms with Gasteiger partial charge in [0.05, 0.1) is 0 Å². The molecule has 3 heteroatoms. The monoisotopic (exact) mass is 180 g/mol. The zero-order chi connectivity index (χ0) is 7.66. The predicted molar refractivity (Wildman–Crippen MR) is 52.1 cm³/mol. The van der Waals surface area contributed by atoms with Gasteiger partial charge in [-0.05, 0) is 24.3 Å². The molecule has 0 aliphatic carbocycles. The fourth-order valence-corrected chi connectivity index (χ4v) is 1.79. The second-order valence-electron chi connectivity index (χ2n) is 2.12. The number of thioether (sulfide) groups is 1. The van der Waals surface area contributed by atoms with Crippen LogP contribution in [-0.2, 0) is 0 Å². The number of unbranched alkanes of at least 4 members (excludes halogenated alkanes) is 2. The average molecular weight is 180 g/mol. The van der Waals surface area contributed by atoms with E-state index in [9.17, 15) is 0 Å². The van der Waals surface area contributed by atoms with Gasteiger partial charge in [-0.15, -0.1) is 0 Å². The molecule has 0 spiro atoms. The Morgan fingerprint density at radius 1 is 1.10 bits per heavy atom. The lowest BCUT2D eigenvalue weighted by molar-refractivity contribution is 0.284. The molecule has 62 valence electrons. The van der Waals surface area contributed by atoms with E-state index in [0.29, 0.717) is 6.61 Å². The summed E-state index contributed by atoms with van der Waals surface area (Å²) >= 11 is 6.05. The first kappa shape index (κ1) is 10.7. The van der Waals surface area contributed by atoms with Crippen molar-refractivity contribution < 1.29 is 5.11 Å². The van der Waals surface area contributed by atoms with Crippen LogP contribution in [0.4, 0.5) is 0 Å². The van der Waals surface area contributed by atoms with Gasteiger partial charge < -0.3 is 5.11 Å². The zero-order valence-electron chi connectivity index (χ0n) is 6.25. The first-order valence-electron chi connectivity index (χ1n) is 3.71. The second kappa shape index (κ2) is 9.66. The molecular weight excluding hydrogens is 164 g/mol. The highest BCUT2D eigenvalue weighted by atomic mass is 32.2. The summed E-state index contributed by atoms with van der Waals surface area (Å²) in [6.45, 7) is 0.344. The molecule has 0 amide bonds. The highest BCUT2D eigenvalue weighted by Gasteiger charge is 1.88. The fraction of sp³-hybridized carbons (Fsp3) is 1.00. The third-order valence-electron chi connectivity index (χ3n) is 1.18. The first-order valence-corrected chi connectivity index (χ1v) is 5.50. The van der Waals surface area contributed by atoms with Crippen LogP contribution < -0.4 is 0 Å². The van der Waals surface area contributed by atoms with E-state index in [1.807, 2.05) is 11.8 Å². The lowest BCUT2D eigenvalue weighted by Crippen LogP contribution is -1.87. The van der Waals surface area contributed by atoms with E-state index in [1.165, 1.54) is 12.2 Å².